The maximum atomic E-state index is 5.30. The van der Waals surface area contributed by atoms with Gasteiger partial charge in [-0.2, -0.15) is 0 Å². The van der Waals surface area contributed by atoms with E-state index in [4.69, 9.17) is 4.98 Å². The van der Waals surface area contributed by atoms with Crippen molar-refractivity contribution in [2.24, 2.45) is 0 Å². The Morgan fingerprint density at radius 2 is 1.23 bits per heavy atom. The first-order valence-electron chi connectivity index (χ1n) is 14.6. The van der Waals surface area contributed by atoms with Crippen molar-refractivity contribution in [2.45, 2.75) is 0 Å². The van der Waals surface area contributed by atoms with Crippen LogP contribution >= 0.6 is 0 Å². The summed E-state index contributed by atoms with van der Waals surface area (Å²) in [4.78, 5) is 9.82. The summed E-state index contributed by atoms with van der Waals surface area (Å²) in [6, 6.07) is 51.8. The number of aromatic nitrogens is 3. The molecule has 9 aromatic rings. The lowest BCUT2D eigenvalue weighted by atomic mass is 9.97. The number of para-hydroxylation sites is 2. The number of pyridine rings is 2. The molecule has 0 unspecified atom stereocenters. The van der Waals surface area contributed by atoms with Crippen molar-refractivity contribution in [1.82, 2.24) is 14.5 Å². The summed E-state index contributed by atoms with van der Waals surface area (Å²) < 4.78 is 2.43. The molecule has 0 atom stereocenters. The molecule has 0 amide bonds. The van der Waals surface area contributed by atoms with Crippen molar-refractivity contribution in [3.8, 4) is 28.1 Å². The summed E-state index contributed by atoms with van der Waals surface area (Å²) in [5, 5.41) is 7.13. The Morgan fingerprint density at radius 3 is 2.16 bits per heavy atom. The molecule has 0 aliphatic carbocycles. The highest BCUT2D eigenvalue weighted by Crippen LogP contribution is 2.42. The van der Waals surface area contributed by atoms with Gasteiger partial charge in [-0.15, -0.1) is 0 Å². The van der Waals surface area contributed by atoms with E-state index in [1.807, 2.05) is 12.3 Å². The molecule has 0 bridgehead atoms. The van der Waals surface area contributed by atoms with Gasteiger partial charge < -0.3 is 4.57 Å². The smallest absolute Gasteiger partial charge is 0.0809 e. The summed E-state index contributed by atoms with van der Waals surface area (Å²) in [5.41, 5.74) is 9.94. The van der Waals surface area contributed by atoms with Crippen molar-refractivity contribution in [3.05, 3.63) is 152 Å². The molecule has 43 heavy (non-hydrogen) atoms. The molecule has 0 saturated heterocycles. The number of fused-ring (bicyclic) bond motifs is 8. The van der Waals surface area contributed by atoms with Crippen LogP contribution in [0.4, 0.5) is 0 Å². The molecule has 6 aromatic carbocycles. The van der Waals surface area contributed by atoms with Crippen LogP contribution in [-0.4, -0.2) is 14.5 Å². The Hall–Kier alpha value is -5.80. The standard InChI is InChI=1S/C40H25N3/c1-2-10-26(11-3-1)39-38-33(31-15-4-6-17-36(31)42-39)20-21-34-32-16-5-7-18-37(32)43(40(34)38)30-14-8-12-27(25-30)28-19-22-35-29(24-28)13-9-23-41-35/h1-25H. The highest BCUT2D eigenvalue weighted by Gasteiger charge is 2.20. The zero-order chi connectivity index (χ0) is 28.3. The summed E-state index contributed by atoms with van der Waals surface area (Å²) in [7, 11) is 0. The van der Waals surface area contributed by atoms with Crippen LogP contribution in [0.3, 0.4) is 0 Å². The van der Waals surface area contributed by atoms with Crippen LogP contribution in [0.1, 0.15) is 0 Å². The maximum absolute atomic E-state index is 5.30. The topological polar surface area (TPSA) is 30.7 Å². The zero-order valence-electron chi connectivity index (χ0n) is 23.3. The van der Waals surface area contributed by atoms with Crippen molar-refractivity contribution in [2.75, 3.05) is 0 Å². The van der Waals surface area contributed by atoms with Crippen LogP contribution in [0.25, 0.3) is 82.5 Å². The van der Waals surface area contributed by atoms with E-state index >= 15 is 0 Å². The number of nitrogens with zero attached hydrogens (tertiary/aromatic N) is 3. The van der Waals surface area contributed by atoms with Gasteiger partial charge in [0.05, 0.1) is 27.8 Å². The fourth-order valence-electron chi connectivity index (χ4n) is 6.65. The van der Waals surface area contributed by atoms with Crippen molar-refractivity contribution in [1.29, 1.82) is 0 Å². The predicted octanol–water partition coefficient (Wildman–Crippen LogP) is 10.4. The molecule has 0 aliphatic heterocycles. The lowest BCUT2D eigenvalue weighted by Gasteiger charge is -2.15. The van der Waals surface area contributed by atoms with Gasteiger partial charge in [0.15, 0.2) is 0 Å². The van der Waals surface area contributed by atoms with Crippen LogP contribution in [-0.2, 0) is 0 Å². The van der Waals surface area contributed by atoms with Crippen molar-refractivity contribution < 1.29 is 0 Å². The van der Waals surface area contributed by atoms with E-state index in [-0.39, 0.29) is 0 Å². The normalized spacial score (nSPS) is 11.7. The second-order valence-corrected chi connectivity index (χ2v) is 11.0. The largest absolute Gasteiger partial charge is 0.309 e. The van der Waals surface area contributed by atoms with Crippen molar-refractivity contribution >= 4 is 54.4 Å². The molecule has 0 N–H and O–H groups in total. The van der Waals surface area contributed by atoms with Crippen LogP contribution in [0.5, 0.6) is 0 Å². The minimum atomic E-state index is 1.00. The molecule has 0 spiro atoms. The summed E-state index contributed by atoms with van der Waals surface area (Å²) in [6.45, 7) is 0. The fraction of sp³-hybridized carbons (Fsp3) is 0. The first-order chi connectivity index (χ1) is 21.3. The molecule has 0 saturated carbocycles. The van der Waals surface area contributed by atoms with E-state index in [0.29, 0.717) is 0 Å². The molecular formula is C40H25N3. The molecule has 3 nitrogen and oxygen atoms in total. The molecule has 0 fully saturated rings. The van der Waals surface area contributed by atoms with Crippen molar-refractivity contribution in [3.63, 3.8) is 0 Å². The van der Waals surface area contributed by atoms with Gasteiger partial charge in [-0.1, -0.05) is 103 Å². The third-order valence-corrected chi connectivity index (χ3v) is 8.59. The quantitative estimate of drug-likeness (QED) is 0.206. The SMILES string of the molecule is c1ccc(-c2nc3ccccc3c3ccc4c5ccccc5n(-c5cccc(-c6ccc7ncccc7c6)c5)c4c23)cc1. The molecule has 3 aromatic heterocycles. The van der Waals surface area contributed by atoms with Gasteiger partial charge in [0.2, 0.25) is 0 Å². The fourth-order valence-corrected chi connectivity index (χ4v) is 6.65. The number of rotatable bonds is 3. The lowest BCUT2D eigenvalue weighted by molar-refractivity contribution is 1.19. The molecule has 3 heterocycles. The molecule has 200 valence electrons. The second kappa shape index (κ2) is 9.37. The highest BCUT2D eigenvalue weighted by molar-refractivity contribution is 6.25. The number of hydrogen-bond acceptors (Lipinski definition) is 2. The molecule has 0 radical (unpaired) electrons. The van der Waals surface area contributed by atoms with E-state index in [0.717, 1.165) is 38.8 Å². The lowest BCUT2D eigenvalue weighted by Crippen LogP contribution is -1.97. The Balaban J connectivity index is 1.41. The first-order valence-corrected chi connectivity index (χ1v) is 14.6. The Kier molecular flexibility index (Phi) is 5.20. The van der Waals surface area contributed by atoms with Crippen LogP contribution in [0.2, 0.25) is 0 Å². The third-order valence-electron chi connectivity index (χ3n) is 8.59. The maximum Gasteiger partial charge on any atom is 0.0809 e. The molecular weight excluding hydrogens is 522 g/mol. The van der Waals surface area contributed by atoms with Gasteiger partial charge in [-0.05, 0) is 59.0 Å². The number of benzene rings is 6. The highest BCUT2D eigenvalue weighted by atomic mass is 15.0. The van der Waals surface area contributed by atoms with Crippen LogP contribution in [0, 0.1) is 0 Å². The average molecular weight is 548 g/mol. The van der Waals surface area contributed by atoms with Gasteiger partial charge in [-0.3, -0.25) is 4.98 Å². The predicted molar refractivity (Wildman–Crippen MR) is 180 cm³/mol. The summed E-state index contributed by atoms with van der Waals surface area (Å²) >= 11 is 0. The molecule has 9 rings (SSSR count). The zero-order valence-corrected chi connectivity index (χ0v) is 23.3. The van der Waals surface area contributed by atoms with Gasteiger partial charge in [0, 0.05) is 44.4 Å². The minimum Gasteiger partial charge on any atom is -0.309 e. The Morgan fingerprint density at radius 1 is 0.465 bits per heavy atom. The third kappa shape index (κ3) is 3.68. The first kappa shape index (κ1) is 23.9. The van der Waals surface area contributed by atoms with Gasteiger partial charge >= 0.3 is 0 Å². The van der Waals surface area contributed by atoms with E-state index < -0.39 is 0 Å². The van der Waals surface area contributed by atoms with E-state index in [2.05, 4.69) is 149 Å². The summed E-state index contributed by atoms with van der Waals surface area (Å²) in [6.07, 6.45) is 1.84. The number of hydrogen-bond donors (Lipinski definition) is 0. The monoisotopic (exact) mass is 547 g/mol. The Bertz CT molecular complexity index is 2510. The van der Waals surface area contributed by atoms with Gasteiger partial charge in [0.1, 0.15) is 0 Å². The van der Waals surface area contributed by atoms with Gasteiger partial charge in [0.25, 0.3) is 0 Å². The van der Waals surface area contributed by atoms with E-state index in [9.17, 15) is 0 Å². The molecule has 0 aliphatic rings. The second-order valence-electron chi connectivity index (χ2n) is 11.0. The minimum absolute atomic E-state index is 1.00. The molecule has 3 heteroatoms. The van der Waals surface area contributed by atoms with E-state index in [1.165, 1.54) is 43.7 Å². The average Bonchev–Trinajstić information content (AvgIpc) is 3.43. The summed E-state index contributed by atoms with van der Waals surface area (Å²) in [5.74, 6) is 0. The van der Waals surface area contributed by atoms with E-state index in [1.54, 1.807) is 0 Å². The van der Waals surface area contributed by atoms with Crippen LogP contribution < -0.4 is 0 Å². The Labute approximate surface area is 248 Å². The van der Waals surface area contributed by atoms with Crippen LogP contribution in [0.15, 0.2) is 152 Å². The van der Waals surface area contributed by atoms with Gasteiger partial charge in [-0.25, -0.2) is 4.98 Å².